The van der Waals surface area contributed by atoms with Crippen molar-refractivity contribution in [2.24, 2.45) is 0 Å². The number of nitrogens with zero attached hydrogens (tertiary/aromatic N) is 3. The SMILES string of the molecule is O=C(Nc1cccc(Nc2cc(Nc3ccc(F)c(Cl)c3)ncn2)c1)c1cnccc1F. The number of benzene rings is 2. The Morgan fingerprint density at radius 2 is 1.56 bits per heavy atom. The molecule has 0 aliphatic heterocycles. The first kappa shape index (κ1) is 21.1. The molecule has 0 radical (unpaired) electrons. The number of aromatic nitrogens is 3. The minimum Gasteiger partial charge on any atom is -0.340 e. The summed E-state index contributed by atoms with van der Waals surface area (Å²) in [5.74, 6) is -0.853. The fourth-order valence-electron chi connectivity index (χ4n) is 2.78. The molecule has 0 saturated heterocycles. The number of hydrogen-bond donors (Lipinski definition) is 3. The maximum Gasteiger partial charge on any atom is 0.260 e. The van der Waals surface area contributed by atoms with Gasteiger partial charge in [-0.25, -0.2) is 18.7 Å². The highest BCUT2D eigenvalue weighted by molar-refractivity contribution is 6.31. The number of amides is 1. The van der Waals surface area contributed by atoms with Crippen LogP contribution in [-0.2, 0) is 0 Å². The van der Waals surface area contributed by atoms with Crippen LogP contribution in [0.4, 0.5) is 37.5 Å². The molecule has 4 rings (SSSR count). The average molecular weight is 453 g/mol. The molecule has 4 aromatic rings. The summed E-state index contributed by atoms with van der Waals surface area (Å²) in [6.45, 7) is 0. The summed E-state index contributed by atoms with van der Waals surface area (Å²) >= 11 is 5.80. The van der Waals surface area contributed by atoms with Gasteiger partial charge in [-0.2, -0.15) is 0 Å². The molecule has 0 aliphatic carbocycles. The first-order valence-corrected chi connectivity index (χ1v) is 9.68. The number of rotatable bonds is 6. The van der Waals surface area contributed by atoms with E-state index in [9.17, 15) is 13.6 Å². The number of anilines is 5. The van der Waals surface area contributed by atoms with E-state index in [0.717, 1.165) is 12.3 Å². The first-order chi connectivity index (χ1) is 15.5. The summed E-state index contributed by atoms with van der Waals surface area (Å²) < 4.78 is 27.1. The molecule has 160 valence electrons. The molecule has 2 heterocycles. The van der Waals surface area contributed by atoms with Gasteiger partial charge in [0, 0.05) is 35.5 Å². The number of hydrogen-bond acceptors (Lipinski definition) is 6. The molecule has 0 unspecified atom stereocenters. The van der Waals surface area contributed by atoms with E-state index < -0.39 is 17.5 Å². The van der Waals surface area contributed by atoms with E-state index >= 15 is 0 Å². The van der Waals surface area contributed by atoms with Crippen LogP contribution in [-0.4, -0.2) is 20.9 Å². The highest BCUT2D eigenvalue weighted by atomic mass is 35.5. The fraction of sp³-hybridized carbons (Fsp3) is 0. The van der Waals surface area contributed by atoms with E-state index in [0.29, 0.717) is 28.7 Å². The highest BCUT2D eigenvalue weighted by Gasteiger charge is 2.12. The van der Waals surface area contributed by atoms with Crippen LogP contribution in [0, 0.1) is 11.6 Å². The van der Waals surface area contributed by atoms with Crippen molar-refractivity contribution in [2.45, 2.75) is 0 Å². The summed E-state index contributed by atoms with van der Waals surface area (Å²) in [4.78, 5) is 24.4. The van der Waals surface area contributed by atoms with Gasteiger partial charge >= 0.3 is 0 Å². The van der Waals surface area contributed by atoms with Gasteiger partial charge in [-0.05, 0) is 42.5 Å². The Morgan fingerprint density at radius 3 is 2.28 bits per heavy atom. The third-order valence-corrected chi connectivity index (χ3v) is 4.55. The van der Waals surface area contributed by atoms with Crippen LogP contribution in [0.25, 0.3) is 0 Å². The molecule has 0 spiro atoms. The van der Waals surface area contributed by atoms with Gasteiger partial charge in [0.15, 0.2) is 0 Å². The fourth-order valence-corrected chi connectivity index (χ4v) is 2.96. The lowest BCUT2D eigenvalue weighted by Crippen LogP contribution is -2.14. The second-order valence-electron chi connectivity index (χ2n) is 6.56. The Balaban J connectivity index is 1.46. The predicted molar refractivity (Wildman–Crippen MR) is 119 cm³/mol. The largest absolute Gasteiger partial charge is 0.340 e. The maximum atomic E-state index is 13.8. The summed E-state index contributed by atoms with van der Waals surface area (Å²) in [6.07, 6.45) is 3.79. The van der Waals surface area contributed by atoms with E-state index in [4.69, 9.17) is 11.6 Å². The van der Waals surface area contributed by atoms with E-state index in [1.807, 2.05) is 0 Å². The van der Waals surface area contributed by atoms with Crippen LogP contribution in [0.1, 0.15) is 10.4 Å². The van der Waals surface area contributed by atoms with Crippen LogP contribution >= 0.6 is 11.6 Å². The van der Waals surface area contributed by atoms with Crippen molar-refractivity contribution in [1.82, 2.24) is 15.0 Å². The van der Waals surface area contributed by atoms with Crippen LogP contribution < -0.4 is 16.0 Å². The lowest BCUT2D eigenvalue weighted by Gasteiger charge is -2.11. The molecule has 10 heteroatoms. The van der Waals surface area contributed by atoms with Crippen molar-refractivity contribution in [3.63, 3.8) is 0 Å². The van der Waals surface area contributed by atoms with Gasteiger partial charge in [-0.15, -0.1) is 0 Å². The smallest absolute Gasteiger partial charge is 0.260 e. The molecule has 0 saturated carbocycles. The number of carbonyl (C=O) groups excluding carboxylic acids is 1. The van der Waals surface area contributed by atoms with E-state index in [2.05, 4.69) is 30.9 Å². The number of halogens is 3. The molecule has 7 nitrogen and oxygen atoms in total. The molecule has 0 fully saturated rings. The molecule has 2 aromatic carbocycles. The third kappa shape index (κ3) is 5.13. The second kappa shape index (κ2) is 9.36. The minimum absolute atomic E-state index is 0.00701. The average Bonchev–Trinajstić information content (AvgIpc) is 2.77. The number of nitrogens with one attached hydrogen (secondary N) is 3. The standard InChI is InChI=1S/C22H15ClF2N6O/c23-17-9-15(4-5-19(17)25)30-21-10-20(27-12-28-21)29-13-2-1-3-14(8-13)31-22(32)16-11-26-7-6-18(16)24/h1-12H,(H,31,32)(H2,27,28,29,30). The molecule has 0 bridgehead atoms. The highest BCUT2D eigenvalue weighted by Crippen LogP contribution is 2.24. The van der Waals surface area contributed by atoms with Crippen molar-refractivity contribution in [3.8, 4) is 0 Å². The van der Waals surface area contributed by atoms with Crippen LogP contribution in [0.3, 0.4) is 0 Å². The Labute approximate surface area is 186 Å². The number of carbonyl (C=O) groups is 1. The van der Waals surface area contributed by atoms with E-state index in [-0.39, 0.29) is 10.6 Å². The van der Waals surface area contributed by atoms with Gasteiger partial charge < -0.3 is 16.0 Å². The molecule has 2 aromatic heterocycles. The maximum absolute atomic E-state index is 13.8. The summed E-state index contributed by atoms with van der Waals surface area (Å²) in [5, 5.41) is 8.74. The lowest BCUT2D eigenvalue weighted by molar-refractivity contribution is 0.102. The van der Waals surface area contributed by atoms with Gasteiger partial charge in [0.25, 0.3) is 5.91 Å². The Morgan fingerprint density at radius 1 is 0.844 bits per heavy atom. The van der Waals surface area contributed by atoms with Crippen molar-refractivity contribution >= 4 is 46.2 Å². The Kier molecular flexibility index (Phi) is 6.18. The van der Waals surface area contributed by atoms with Gasteiger partial charge in [-0.1, -0.05) is 17.7 Å². The summed E-state index contributed by atoms with van der Waals surface area (Å²) in [7, 11) is 0. The Bertz CT molecular complexity index is 1290. The van der Waals surface area contributed by atoms with Crippen molar-refractivity contribution in [2.75, 3.05) is 16.0 Å². The van der Waals surface area contributed by atoms with Gasteiger partial charge in [-0.3, -0.25) is 9.78 Å². The van der Waals surface area contributed by atoms with Crippen LogP contribution in [0.5, 0.6) is 0 Å². The van der Waals surface area contributed by atoms with Crippen molar-refractivity contribution < 1.29 is 13.6 Å². The molecule has 1 amide bonds. The van der Waals surface area contributed by atoms with E-state index in [1.165, 1.54) is 30.7 Å². The lowest BCUT2D eigenvalue weighted by atomic mass is 10.2. The van der Waals surface area contributed by atoms with E-state index in [1.54, 1.807) is 30.3 Å². The van der Waals surface area contributed by atoms with Crippen molar-refractivity contribution in [1.29, 1.82) is 0 Å². The van der Waals surface area contributed by atoms with Crippen LogP contribution in [0.15, 0.2) is 73.3 Å². The Hall–Kier alpha value is -4.11. The number of pyridine rings is 1. The second-order valence-corrected chi connectivity index (χ2v) is 6.97. The summed E-state index contributed by atoms with van der Waals surface area (Å²) in [6, 6.07) is 13.8. The quantitative estimate of drug-likeness (QED) is 0.355. The molecular weight excluding hydrogens is 438 g/mol. The van der Waals surface area contributed by atoms with Crippen molar-refractivity contribution in [3.05, 3.63) is 95.5 Å². The molecule has 32 heavy (non-hydrogen) atoms. The van der Waals surface area contributed by atoms with Crippen LogP contribution in [0.2, 0.25) is 5.02 Å². The minimum atomic E-state index is -0.657. The normalized spacial score (nSPS) is 10.5. The van der Waals surface area contributed by atoms with Gasteiger partial charge in [0.1, 0.15) is 29.6 Å². The molecular formula is C22H15ClF2N6O. The van der Waals surface area contributed by atoms with Gasteiger partial charge in [0.2, 0.25) is 0 Å². The predicted octanol–water partition coefficient (Wildman–Crippen LogP) is 5.54. The van der Waals surface area contributed by atoms with Gasteiger partial charge in [0.05, 0.1) is 10.6 Å². The molecule has 3 N–H and O–H groups in total. The zero-order valence-corrected chi connectivity index (χ0v) is 17.1. The zero-order chi connectivity index (χ0) is 22.5. The third-order valence-electron chi connectivity index (χ3n) is 4.26. The summed E-state index contributed by atoms with van der Waals surface area (Å²) in [5.41, 5.74) is 1.49. The molecule has 0 atom stereocenters. The topological polar surface area (TPSA) is 91.8 Å². The monoisotopic (exact) mass is 452 g/mol. The first-order valence-electron chi connectivity index (χ1n) is 9.30. The zero-order valence-electron chi connectivity index (χ0n) is 16.3. The molecule has 0 aliphatic rings.